The van der Waals surface area contributed by atoms with Gasteiger partial charge in [-0.15, -0.1) is 0 Å². The number of benzene rings is 3. The molecule has 27 heteroatoms. The highest BCUT2D eigenvalue weighted by atomic mass is 16.6. The number of anilines is 3. The molecule has 0 aliphatic carbocycles. The lowest BCUT2D eigenvalue weighted by Gasteiger charge is -2.37. The van der Waals surface area contributed by atoms with Gasteiger partial charge in [0, 0.05) is 129 Å². The number of carbonyl (C=O) groups is 4. The fourth-order valence-electron chi connectivity index (χ4n) is 11.7. The van der Waals surface area contributed by atoms with Crippen molar-refractivity contribution in [1.29, 1.82) is 0 Å². The van der Waals surface area contributed by atoms with E-state index in [1.54, 1.807) is 103 Å². The van der Waals surface area contributed by atoms with Gasteiger partial charge in [-0.3, -0.25) is 49.0 Å². The number of hydrogen-bond acceptors (Lipinski definition) is 17. The van der Waals surface area contributed by atoms with Crippen LogP contribution in [0.4, 0.5) is 28.4 Å². The molecule has 0 saturated carbocycles. The molecule has 3 aromatic carbocycles. The highest BCUT2D eigenvalue weighted by Gasteiger charge is 2.36. The van der Waals surface area contributed by atoms with Gasteiger partial charge in [0.25, 0.3) is 23.3 Å². The molecule has 5 aromatic heterocycles. The number of imidazole rings is 1. The number of aryl methyl sites for hydroxylation is 3. The van der Waals surface area contributed by atoms with Gasteiger partial charge in [-0.25, -0.2) is 9.78 Å². The molecule has 8 aromatic rings. The molecule has 3 amide bonds. The van der Waals surface area contributed by atoms with Crippen LogP contribution in [0.15, 0.2) is 118 Å². The van der Waals surface area contributed by atoms with Crippen LogP contribution < -0.4 is 31.4 Å². The smallest absolute Gasteiger partial charge is 0.357 e. The van der Waals surface area contributed by atoms with E-state index in [0.717, 1.165) is 23.7 Å². The molecule has 27 nitrogen and oxygen atoms in total. The Morgan fingerprint density at radius 3 is 1.44 bits per heavy atom. The van der Waals surface area contributed by atoms with Gasteiger partial charge >= 0.3 is 28.5 Å². The van der Waals surface area contributed by atoms with Crippen molar-refractivity contribution in [3.05, 3.63) is 172 Å². The number of rotatable bonds is 10. The number of carbonyl (C=O) groups excluding carboxylic acids is 4. The number of amides is 3. The SMILES string of the molecule is CCOC(=O)c1c(N2CCN(C(=O)c3cnc[nH]3)CC2)c2ccccc2n(C)c1=O.Cn1c(=O)c([N+](=O)[O-])c(N2CCN(C(=O)C3CCCO3)CC2)c2ccccc21.Cn1c(=O)c([N+](=O)[O-])c(N2CCN(C(=O)c3ccc[nH]3)CC2)c2ccccc21. The van der Waals surface area contributed by atoms with Crippen molar-refractivity contribution in [2.24, 2.45) is 21.1 Å². The van der Waals surface area contributed by atoms with E-state index < -0.39 is 43.9 Å². The van der Waals surface area contributed by atoms with Crippen LogP contribution in [0.2, 0.25) is 0 Å². The Morgan fingerprint density at radius 1 is 0.581 bits per heavy atom. The quantitative estimate of drug-likeness (QED) is 0.109. The summed E-state index contributed by atoms with van der Waals surface area (Å²) in [6.45, 7) is 7.80. The first kappa shape index (κ1) is 59.0. The Hall–Kier alpha value is -10.2. The zero-order valence-corrected chi connectivity index (χ0v) is 47.9. The minimum atomic E-state index is -0.636. The monoisotopic (exact) mass is 1180 g/mol. The molecule has 1 unspecified atom stereocenters. The molecule has 12 rings (SSSR count). The molecule has 0 bridgehead atoms. The number of aromatic amines is 2. The standard InChI is InChI=1S/C21H23N5O4.C19H19N5O4.C19H22N4O5/c1-3-30-21(29)17-18(14-6-4-5-7-16(14)24(2)20(17)28)25-8-10-26(11-9-25)19(27)15-12-22-13-23-15;1-21-15-7-3-2-5-13(15)16(17(19(21)26)24(27)28)22-9-11-23(12-10-22)18(25)14-6-4-8-20-14;1-20-14-6-3-2-5-13(14)16(17(19(20)25)23(26)27)21-8-10-22(11-9-21)18(24)15-7-4-12-28-15/h4-7,12-13H,3,8-11H2,1-2H3,(H,22,23);2-8,20H,9-12H2,1H3;2-3,5-6,15H,4,7-12H2,1H3. The third-order valence-electron chi connectivity index (χ3n) is 16.1. The third kappa shape index (κ3) is 11.5. The van der Waals surface area contributed by atoms with E-state index in [0.29, 0.717) is 135 Å². The Kier molecular flexibility index (Phi) is 17.4. The summed E-state index contributed by atoms with van der Waals surface area (Å²) in [5.41, 5.74) is 1.75. The van der Waals surface area contributed by atoms with Crippen molar-refractivity contribution in [3.8, 4) is 0 Å². The molecule has 4 aliphatic heterocycles. The summed E-state index contributed by atoms with van der Waals surface area (Å²) < 4.78 is 14.8. The summed E-state index contributed by atoms with van der Waals surface area (Å²) in [6, 6.07) is 25.3. The molecule has 4 fully saturated rings. The maximum atomic E-state index is 13.1. The average Bonchev–Trinajstić information content (AvgIpc) is 1.36. The lowest BCUT2D eigenvalue weighted by atomic mass is 10.1. The molecule has 9 heterocycles. The highest BCUT2D eigenvalue weighted by Crippen LogP contribution is 2.36. The first-order chi connectivity index (χ1) is 41.5. The van der Waals surface area contributed by atoms with Gasteiger partial charge in [-0.05, 0) is 50.1 Å². The first-order valence-electron chi connectivity index (χ1n) is 28.2. The number of ether oxygens (including phenoxy) is 2. The van der Waals surface area contributed by atoms with E-state index in [4.69, 9.17) is 9.47 Å². The van der Waals surface area contributed by atoms with Crippen LogP contribution in [0.25, 0.3) is 32.7 Å². The number of para-hydroxylation sites is 3. The number of H-pyrrole nitrogens is 2. The fourth-order valence-corrected chi connectivity index (χ4v) is 11.7. The second-order valence-corrected chi connectivity index (χ2v) is 20.9. The second kappa shape index (κ2) is 25.4. The Labute approximate surface area is 490 Å². The summed E-state index contributed by atoms with van der Waals surface area (Å²) in [4.78, 5) is 131. The van der Waals surface area contributed by atoms with E-state index in [-0.39, 0.29) is 36.0 Å². The number of esters is 1. The third-order valence-corrected chi connectivity index (χ3v) is 16.1. The van der Waals surface area contributed by atoms with E-state index >= 15 is 0 Å². The van der Waals surface area contributed by atoms with Gasteiger partial charge in [0.1, 0.15) is 34.4 Å². The average molecular weight is 1180 g/mol. The van der Waals surface area contributed by atoms with Gasteiger partial charge in [-0.2, -0.15) is 0 Å². The maximum absolute atomic E-state index is 13.1. The van der Waals surface area contributed by atoms with Gasteiger partial charge in [0.15, 0.2) is 0 Å². The minimum Gasteiger partial charge on any atom is -0.462 e. The fraction of sp³-hybridized carbons (Fsp3) is 0.356. The predicted octanol–water partition coefficient (Wildman–Crippen LogP) is 4.41. The Bertz CT molecular complexity index is 4070. The number of nitrogens with one attached hydrogen (secondary N) is 2. The number of aromatic nitrogens is 6. The normalized spacial score (nSPS) is 16.2. The number of nitrogens with zero attached hydrogens (tertiary/aromatic N) is 12. The van der Waals surface area contributed by atoms with E-state index in [2.05, 4.69) is 15.0 Å². The summed E-state index contributed by atoms with van der Waals surface area (Å²) in [5.74, 6) is -0.866. The number of piperazine rings is 3. The molecule has 4 saturated heterocycles. The van der Waals surface area contributed by atoms with Crippen LogP contribution in [-0.4, -0.2) is 175 Å². The molecular formula is C59H64N14O13. The van der Waals surface area contributed by atoms with Crippen molar-refractivity contribution in [1.82, 2.24) is 43.4 Å². The number of hydrogen-bond donors (Lipinski definition) is 2. The molecule has 86 heavy (non-hydrogen) atoms. The van der Waals surface area contributed by atoms with Crippen molar-refractivity contribution >= 4 is 84.8 Å². The van der Waals surface area contributed by atoms with Gasteiger partial charge in [0.2, 0.25) is 0 Å². The molecular weight excluding hydrogens is 1110 g/mol. The van der Waals surface area contributed by atoms with Crippen molar-refractivity contribution in [2.45, 2.75) is 25.9 Å². The molecule has 0 spiro atoms. The first-order valence-corrected chi connectivity index (χ1v) is 28.2. The van der Waals surface area contributed by atoms with E-state index in [1.807, 2.05) is 39.0 Å². The largest absolute Gasteiger partial charge is 0.462 e. The van der Waals surface area contributed by atoms with Crippen molar-refractivity contribution in [3.63, 3.8) is 0 Å². The molecule has 0 radical (unpaired) electrons. The number of nitro groups is 2. The van der Waals surface area contributed by atoms with Gasteiger partial charge in [-0.1, -0.05) is 54.6 Å². The van der Waals surface area contributed by atoms with Crippen LogP contribution >= 0.6 is 0 Å². The molecule has 448 valence electrons. The van der Waals surface area contributed by atoms with E-state index in [1.165, 1.54) is 33.3 Å². The Morgan fingerprint density at radius 2 is 1.02 bits per heavy atom. The zero-order valence-electron chi connectivity index (χ0n) is 47.9. The van der Waals surface area contributed by atoms with Crippen LogP contribution in [0, 0.1) is 20.2 Å². The maximum Gasteiger partial charge on any atom is 0.357 e. The second-order valence-electron chi connectivity index (χ2n) is 20.9. The Balaban J connectivity index is 0.000000143. The summed E-state index contributed by atoms with van der Waals surface area (Å²) >= 11 is 0. The minimum absolute atomic E-state index is 0.0134. The molecule has 2 N–H and O–H groups in total. The van der Waals surface area contributed by atoms with Crippen LogP contribution in [0.3, 0.4) is 0 Å². The molecule has 4 aliphatic rings. The number of pyridine rings is 3. The summed E-state index contributed by atoms with van der Waals surface area (Å²) in [5, 5.41) is 25.5. The summed E-state index contributed by atoms with van der Waals surface area (Å²) in [7, 11) is 4.73. The van der Waals surface area contributed by atoms with Gasteiger partial charge in [0.05, 0.1) is 51.2 Å². The van der Waals surface area contributed by atoms with Crippen molar-refractivity contribution in [2.75, 3.05) is 106 Å². The van der Waals surface area contributed by atoms with Crippen LogP contribution in [0.5, 0.6) is 0 Å². The van der Waals surface area contributed by atoms with E-state index in [9.17, 15) is 53.8 Å². The number of fused-ring (bicyclic) bond motifs is 3. The predicted molar refractivity (Wildman–Crippen MR) is 320 cm³/mol. The van der Waals surface area contributed by atoms with Crippen LogP contribution in [0.1, 0.15) is 51.1 Å². The topological polar surface area (TPSA) is 303 Å². The lowest BCUT2D eigenvalue weighted by Crippen LogP contribution is -2.51. The van der Waals surface area contributed by atoms with Crippen LogP contribution in [-0.2, 0) is 35.4 Å². The lowest BCUT2D eigenvalue weighted by molar-refractivity contribution is -0.385. The van der Waals surface area contributed by atoms with Crippen molar-refractivity contribution < 1.29 is 38.5 Å². The molecule has 1 atom stereocenters. The van der Waals surface area contributed by atoms with Gasteiger partial charge < -0.3 is 62.5 Å². The summed E-state index contributed by atoms with van der Waals surface area (Å²) in [6.07, 6.45) is 5.93. The zero-order chi connectivity index (χ0) is 60.9. The highest BCUT2D eigenvalue weighted by molar-refractivity contribution is 6.06.